The second-order valence-electron chi connectivity index (χ2n) is 7.46. The van der Waals surface area contributed by atoms with Crippen molar-refractivity contribution in [2.45, 2.75) is 75.4 Å². The Hall–Kier alpha value is 0.491. The van der Waals surface area contributed by atoms with Crippen LogP contribution in [0.2, 0.25) is 38.3 Å². The van der Waals surface area contributed by atoms with E-state index in [2.05, 4.69) is 13.8 Å². The summed E-state index contributed by atoms with van der Waals surface area (Å²) in [5.41, 5.74) is 0. The first-order valence-corrected chi connectivity index (χ1v) is 15.4. The summed E-state index contributed by atoms with van der Waals surface area (Å²) in [5, 5.41) is -0.501. The van der Waals surface area contributed by atoms with Crippen LogP contribution >= 0.6 is 0 Å². The van der Waals surface area contributed by atoms with Gasteiger partial charge in [-0.25, -0.2) is 0 Å². The maximum atomic E-state index is 10.5. The molecule has 2 aliphatic rings. The van der Waals surface area contributed by atoms with Crippen molar-refractivity contribution in [3.05, 3.63) is 0 Å². The lowest BCUT2D eigenvalue weighted by molar-refractivity contribution is 0.0833. The second kappa shape index (κ2) is 4.25. The van der Waals surface area contributed by atoms with Crippen molar-refractivity contribution in [3.63, 3.8) is 0 Å². The van der Waals surface area contributed by atoms with E-state index in [1.807, 2.05) is 26.2 Å². The molecule has 2 rings (SSSR count). The molecule has 0 aromatic rings. The van der Waals surface area contributed by atoms with Gasteiger partial charge in [0.25, 0.3) is 0 Å². The molecule has 7 heteroatoms. The highest BCUT2D eigenvalue weighted by atomic mass is 28.4. The van der Waals surface area contributed by atoms with E-state index in [9.17, 15) is 9.59 Å². The van der Waals surface area contributed by atoms with Gasteiger partial charge in [0.05, 0.1) is 10.4 Å². The molecule has 19 heavy (non-hydrogen) atoms. The normalized spacial score (nSPS) is 37.3. The van der Waals surface area contributed by atoms with Gasteiger partial charge in [-0.1, -0.05) is 6.92 Å². The molecule has 4 nitrogen and oxygen atoms in total. The van der Waals surface area contributed by atoms with Gasteiger partial charge < -0.3 is 18.4 Å². The molecule has 112 valence electrons. The summed E-state index contributed by atoms with van der Waals surface area (Å²) >= 11 is 0. The lowest BCUT2D eigenvalue weighted by Gasteiger charge is -2.46. The van der Waals surface area contributed by atoms with E-state index in [4.69, 9.17) is 8.85 Å². The number of fused-ring (bicyclic) bond motifs is 1. The first-order valence-electron chi connectivity index (χ1n) is 7.24. The Kier molecular flexibility index (Phi) is 3.55. The van der Waals surface area contributed by atoms with Gasteiger partial charge in [-0.15, -0.1) is 0 Å². The van der Waals surface area contributed by atoms with Gasteiger partial charge >= 0.3 is 8.56 Å². The van der Waals surface area contributed by atoms with E-state index in [1.54, 1.807) is 0 Å². The quantitative estimate of drug-likeness (QED) is 0.737. The van der Waals surface area contributed by atoms with Crippen LogP contribution in [-0.2, 0) is 8.85 Å². The van der Waals surface area contributed by atoms with E-state index in [0.29, 0.717) is 0 Å². The second-order valence-corrected chi connectivity index (χ2v) is 18.7. The summed E-state index contributed by atoms with van der Waals surface area (Å²) in [6.45, 7) is 11.7. The molecule has 2 aliphatic heterocycles. The van der Waals surface area contributed by atoms with E-state index >= 15 is 0 Å². The number of hydrogen-bond acceptors (Lipinski definition) is 4. The predicted molar refractivity (Wildman–Crippen MR) is 83.0 cm³/mol. The van der Waals surface area contributed by atoms with E-state index in [-0.39, 0.29) is 10.4 Å². The van der Waals surface area contributed by atoms with Crippen molar-refractivity contribution in [2.75, 3.05) is 0 Å². The van der Waals surface area contributed by atoms with Crippen molar-refractivity contribution in [1.29, 1.82) is 0 Å². The van der Waals surface area contributed by atoms with Crippen LogP contribution in [0.15, 0.2) is 0 Å². The lowest BCUT2D eigenvalue weighted by Crippen LogP contribution is -2.61. The molecule has 2 heterocycles. The summed E-state index contributed by atoms with van der Waals surface area (Å²) in [4.78, 5) is 20.5. The third-order valence-corrected chi connectivity index (χ3v) is 14.2. The zero-order chi connectivity index (χ0) is 14.7. The number of hydrogen-bond donors (Lipinski definition) is 2. The fraction of sp³-hybridized carbons (Fsp3) is 1.00. The fourth-order valence-electron chi connectivity index (χ4n) is 3.18. The van der Waals surface area contributed by atoms with Gasteiger partial charge in [0, 0.05) is 0 Å². The minimum atomic E-state index is -2.50. The maximum Gasteiger partial charge on any atom is 0.329 e. The van der Waals surface area contributed by atoms with Crippen LogP contribution in [0, 0.1) is 0 Å². The van der Waals surface area contributed by atoms with Crippen LogP contribution in [-0.4, -0.2) is 45.2 Å². The molecule has 0 amide bonds. The first kappa shape index (κ1) is 15.9. The van der Waals surface area contributed by atoms with Crippen molar-refractivity contribution < 1.29 is 18.4 Å². The monoisotopic (exact) mass is 320 g/mol. The highest BCUT2D eigenvalue weighted by Crippen LogP contribution is 2.67. The summed E-state index contributed by atoms with van der Waals surface area (Å²) in [5.74, 6) is 0. The van der Waals surface area contributed by atoms with Gasteiger partial charge in [-0.2, -0.15) is 0 Å². The van der Waals surface area contributed by atoms with E-state index < -0.39 is 25.2 Å². The van der Waals surface area contributed by atoms with Crippen LogP contribution in [0.1, 0.15) is 26.7 Å². The van der Waals surface area contributed by atoms with Crippen molar-refractivity contribution in [1.82, 2.24) is 0 Å². The Morgan fingerprint density at radius 1 is 1.26 bits per heavy atom. The zero-order valence-corrected chi connectivity index (χ0v) is 16.0. The standard InChI is InChI=1S/C12H28O4Si3/c1-7-11(2,17(3,4)13)15-19-9-8-12(19,10-19)16-18(5,6)14/h13-14H,7-10H2,1-6H3. The van der Waals surface area contributed by atoms with Crippen LogP contribution in [0.4, 0.5) is 0 Å². The Balaban J connectivity index is 2.10. The van der Waals surface area contributed by atoms with Gasteiger partial charge in [0.1, 0.15) is 0 Å². The van der Waals surface area contributed by atoms with Gasteiger partial charge in [0.2, 0.25) is 16.6 Å². The molecule has 3 unspecified atom stereocenters. The molecule has 0 aromatic carbocycles. The minimum absolute atomic E-state index is 0.118. The summed E-state index contributed by atoms with van der Waals surface area (Å²) in [6.07, 6.45) is 1.87. The molecule has 0 saturated carbocycles. The average Bonchev–Trinajstić information content (AvgIpc) is 2.61. The van der Waals surface area contributed by atoms with Crippen molar-refractivity contribution in [2.24, 2.45) is 0 Å². The highest BCUT2D eigenvalue weighted by Gasteiger charge is 2.82. The molecule has 0 bridgehead atoms. The smallest absolute Gasteiger partial charge is 0.329 e. The van der Waals surface area contributed by atoms with Gasteiger partial charge in [-0.05, 0) is 58.0 Å². The average molecular weight is 321 g/mol. The van der Waals surface area contributed by atoms with Gasteiger partial charge in [-0.3, -0.25) is 0 Å². The third-order valence-electron chi connectivity index (χ3n) is 5.04. The molecule has 2 saturated heterocycles. The first-order chi connectivity index (χ1) is 8.39. The molecule has 0 aliphatic carbocycles. The Morgan fingerprint density at radius 3 is 2.16 bits per heavy atom. The molecule has 3 atom stereocenters. The largest absolute Gasteiger partial charge is 0.429 e. The zero-order valence-electron chi connectivity index (χ0n) is 13.0. The minimum Gasteiger partial charge on any atom is -0.429 e. The number of rotatable bonds is 6. The summed E-state index contributed by atoms with van der Waals surface area (Å²) in [7, 11) is -6.69. The maximum absolute atomic E-state index is 10.5. The van der Waals surface area contributed by atoms with Crippen LogP contribution < -0.4 is 0 Å². The molecular formula is C12H28O4Si3. The van der Waals surface area contributed by atoms with Crippen LogP contribution in [0.25, 0.3) is 0 Å². The highest BCUT2D eigenvalue weighted by molar-refractivity contribution is 6.92. The summed E-state index contributed by atoms with van der Waals surface area (Å²) in [6, 6.07) is 2.13. The Bertz CT molecular complexity index is 378. The van der Waals surface area contributed by atoms with E-state index in [1.165, 1.54) is 0 Å². The lowest BCUT2D eigenvalue weighted by atomic mass is 10.3. The van der Waals surface area contributed by atoms with Crippen molar-refractivity contribution >= 4 is 25.2 Å². The van der Waals surface area contributed by atoms with Crippen molar-refractivity contribution in [3.8, 4) is 0 Å². The third kappa shape index (κ3) is 2.54. The topological polar surface area (TPSA) is 58.9 Å². The summed E-state index contributed by atoms with van der Waals surface area (Å²) < 4.78 is 12.5. The predicted octanol–water partition coefficient (Wildman–Crippen LogP) is 2.26. The Labute approximate surface area is 119 Å². The molecule has 2 N–H and O–H groups in total. The molecular weight excluding hydrogens is 292 g/mol. The molecule has 0 aromatic heterocycles. The van der Waals surface area contributed by atoms with Crippen LogP contribution in [0.3, 0.4) is 0 Å². The van der Waals surface area contributed by atoms with Crippen LogP contribution in [0.5, 0.6) is 0 Å². The molecule has 0 radical (unpaired) electrons. The molecule has 2 fully saturated rings. The van der Waals surface area contributed by atoms with E-state index in [0.717, 1.165) is 24.9 Å². The van der Waals surface area contributed by atoms with Gasteiger partial charge in [0.15, 0.2) is 0 Å². The fourth-order valence-corrected chi connectivity index (χ4v) is 13.0. The molecule has 0 spiro atoms. The Morgan fingerprint density at radius 2 is 1.84 bits per heavy atom. The SMILES string of the molecule is CCC(C)(O[Si]12CCC1(O[Si](C)(C)O)C2)[Si](C)(C)O.